The number of nitrogens with one attached hydrogen (secondary N) is 1. The van der Waals surface area contributed by atoms with Crippen molar-refractivity contribution in [1.29, 1.82) is 0 Å². The first kappa shape index (κ1) is 11.4. The van der Waals surface area contributed by atoms with E-state index >= 15 is 0 Å². The van der Waals surface area contributed by atoms with Gasteiger partial charge in [-0.15, -0.1) is 0 Å². The molecular formula is C9H10BrN5S. The summed E-state index contributed by atoms with van der Waals surface area (Å²) in [5.41, 5.74) is 0.872. The molecule has 2 heterocycles. The van der Waals surface area contributed by atoms with Crippen molar-refractivity contribution in [2.75, 3.05) is 5.32 Å². The van der Waals surface area contributed by atoms with Gasteiger partial charge in [0.15, 0.2) is 0 Å². The van der Waals surface area contributed by atoms with Gasteiger partial charge < -0.3 is 5.32 Å². The zero-order valence-corrected chi connectivity index (χ0v) is 11.0. The van der Waals surface area contributed by atoms with Gasteiger partial charge in [0.2, 0.25) is 5.13 Å². The first-order valence-electron chi connectivity index (χ1n) is 4.81. The minimum absolute atomic E-state index is 0.610. The minimum Gasteiger partial charge on any atom is -0.355 e. The highest BCUT2D eigenvalue weighted by molar-refractivity contribution is 9.10. The summed E-state index contributed by atoms with van der Waals surface area (Å²) in [5.74, 6) is 0.870. The molecule has 0 radical (unpaired) electrons. The predicted molar refractivity (Wildman–Crippen MR) is 66.3 cm³/mol. The molecule has 16 heavy (non-hydrogen) atoms. The molecule has 84 valence electrons. The summed E-state index contributed by atoms with van der Waals surface area (Å²) < 4.78 is 4.92. The third-order valence-corrected chi connectivity index (χ3v) is 3.00. The molecule has 0 atom stereocenters. The highest BCUT2D eigenvalue weighted by atomic mass is 79.9. The Hall–Kier alpha value is -1.08. The molecule has 0 aliphatic heterocycles. The zero-order valence-electron chi connectivity index (χ0n) is 8.64. The number of anilines is 1. The number of hydrogen-bond acceptors (Lipinski definition) is 6. The van der Waals surface area contributed by atoms with Gasteiger partial charge in [-0.2, -0.15) is 4.37 Å². The van der Waals surface area contributed by atoms with Crippen LogP contribution in [0.25, 0.3) is 0 Å². The van der Waals surface area contributed by atoms with E-state index < -0.39 is 0 Å². The Bertz CT molecular complexity index is 455. The number of aromatic nitrogens is 4. The first-order valence-corrected chi connectivity index (χ1v) is 6.37. The summed E-state index contributed by atoms with van der Waals surface area (Å²) >= 11 is 4.61. The van der Waals surface area contributed by atoms with Gasteiger partial charge in [-0.3, -0.25) is 4.98 Å². The standard InChI is InChI=1S/C9H10BrN5S/c1-2-8-14-9(16-15-8)13-4-6-3-12-7(10)5-11-6/h3,5H,2,4H2,1H3,(H,13,14,15). The molecule has 7 heteroatoms. The van der Waals surface area contributed by atoms with E-state index in [0.29, 0.717) is 6.54 Å². The molecule has 0 aromatic carbocycles. The van der Waals surface area contributed by atoms with E-state index in [1.54, 1.807) is 12.4 Å². The number of rotatable bonds is 4. The predicted octanol–water partition coefficient (Wildman–Crippen LogP) is 2.27. The van der Waals surface area contributed by atoms with E-state index in [1.807, 2.05) is 6.92 Å². The number of halogens is 1. The summed E-state index contributed by atoms with van der Waals surface area (Å²) in [6.45, 7) is 2.64. The van der Waals surface area contributed by atoms with Gasteiger partial charge in [-0.05, 0) is 15.9 Å². The lowest BCUT2D eigenvalue weighted by Gasteiger charge is -2.00. The summed E-state index contributed by atoms with van der Waals surface area (Å²) in [5, 5.41) is 3.98. The van der Waals surface area contributed by atoms with Crippen LogP contribution >= 0.6 is 27.5 Å². The van der Waals surface area contributed by atoms with Gasteiger partial charge in [0.1, 0.15) is 10.4 Å². The fourth-order valence-corrected chi connectivity index (χ4v) is 1.92. The SMILES string of the molecule is CCc1nsc(NCc2cnc(Br)cn2)n1. The van der Waals surface area contributed by atoms with E-state index in [4.69, 9.17) is 0 Å². The molecule has 0 aliphatic carbocycles. The Morgan fingerprint density at radius 2 is 2.25 bits per heavy atom. The van der Waals surface area contributed by atoms with Crippen molar-refractivity contribution in [1.82, 2.24) is 19.3 Å². The molecule has 0 spiro atoms. The second-order valence-electron chi connectivity index (χ2n) is 3.05. The summed E-state index contributed by atoms with van der Waals surface area (Å²) in [6, 6.07) is 0. The average Bonchev–Trinajstić information content (AvgIpc) is 2.76. The second kappa shape index (κ2) is 5.31. The zero-order chi connectivity index (χ0) is 11.4. The van der Waals surface area contributed by atoms with Gasteiger partial charge in [0, 0.05) is 18.0 Å². The molecule has 0 saturated heterocycles. The minimum atomic E-state index is 0.610. The molecule has 0 bridgehead atoms. The number of hydrogen-bond donors (Lipinski definition) is 1. The second-order valence-corrected chi connectivity index (χ2v) is 4.62. The Morgan fingerprint density at radius 1 is 1.38 bits per heavy atom. The van der Waals surface area contributed by atoms with Gasteiger partial charge in [-0.1, -0.05) is 6.92 Å². The maximum Gasteiger partial charge on any atom is 0.202 e. The van der Waals surface area contributed by atoms with Crippen LogP contribution in [0.5, 0.6) is 0 Å². The van der Waals surface area contributed by atoms with Crippen LogP contribution in [0.4, 0.5) is 5.13 Å². The van der Waals surface area contributed by atoms with Crippen LogP contribution in [0.3, 0.4) is 0 Å². The lowest BCUT2D eigenvalue weighted by Crippen LogP contribution is -2.01. The van der Waals surface area contributed by atoms with Gasteiger partial charge in [0.05, 0.1) is 24.6 Å². The average molecular weight is 300 g/mol. The van der Waals surface area contributed by atoms with Gasteiger partial charge in [-0.25, -0.2) is 9.97 Å². The molecule has 2 aromatic rings. The first-order chi connectivity index (χ1) is 7.78. The normalized spacial score (nSPS) is 10.4. The Kier molecular flexibility index (Phi) is 3.79. The smallest absolute Gasteiger partial charge is 0.202 e. The summed E-state index contributed by atoms with van der Waals surface area (Å²) in [4.78, 5) is 12.6. The highest BCUT2D eigenvalue weighted by Gasteiger charge is 2.02. The molecule has 0 unspecified atom stereocenters. The summed E-state index contributed by atoms with van der Waals surface area (Å²) in [6.07, 6.45) is 4.25. The summed E-state index contributed by atoms with van der Waals surface area (Å²) in [7, 11) is 0. The van der Waals surface area contributed by atoms with E-state index in [0.717, 1.165) is 27.7 Å². The van der Waals surface area contributed by atoms with Gasteiger partial charge in [0.25, 0.3) is 0 Å². The van der Waals surface area contributed by atoms with Crippen LogP contribution in [0.15, 0.2) is 17.0 Å². The Balaban J connectivity index is 1.94. The molecule has 0 fully saturated rings. The molecule has 2 aromatic heterocycles. The molecule has 2 rings (SSSR count). The van der Waals surface area contributed by atoms with Crippen LogP contribution in [-0.2, 0) is 13.0 Å². The van der Waals surface area contributed by atoms with Crippen molar-refractivity contribution in [3.05, 3.63) is 28.5 Å². The fourth-order valence-electron chi connectivity index (χ4n) is 1.07. The maximum absolute atomic E-state index is 4.30. The topological polar surface area (TPSA) is 63.6 Å². The van der Waals surface area contributed by atoms with E-state index in [2.05, 4.69) is 40.6 Å². The van der Waals surface area contributed by atoms with E-state index in [-0.39, 0.29) is 0 Å². The quantitative estimate of drug-likeness (QED) is 0.938. The Labute approximate surface area is 106 Å². The van der Waals surface area contributed by atoms with Crippen molar-refractivity contribution in [2.45, 2.75) is 19.9 Å². The van der Waals surface area contributed by atoms with Crippen molar-refractivity contribution >= 4 is 32.6 Å². The molecule has 5 nitrogen and oxygen atoms in total. The molecule has 1 N–H and O–H groups in total. The van der Waals surface area contributed by atoms with Crippen LogP contribution in [0, 0.1) is 0 Å². The van der Waals surface area contributed by atoms with Crippen molar-refractivity contribution in [3.63, 3.8) is 0 Å². The largest absolute Gasteiger partial charge is 0.355 e. The lowest BCUT2D eigenvalue weighted by molar-refractivity contribution is 0.971. The number of nitrogens with zero attached hydrogens (tertiary/aromatic N) is 4. The molecule has 0 aliphatic rings. The van der Waals surface area contributed by atoms with Crippen molar-refractivity contribution in [3.8, 4) is 0 Å². The maximum atomic E-state index is 4.30. The van der Waals surface area contributed by atoms with E-state index in [1.165, 1.54) is 11.5 Å². The lowest BCUT2D eigenvalue weighted by atomic mass is 10.4. The van der Waals surface area contributed by atoms with Crippen LogP contribution in [0.1, 0.15) is 18.4 Å². The molecule has 0 saturated carbocycles. The number of aryl methyl sites for hydroxylation is 1. The monoisotopic (exact) mass is 299 g/mol. The van der Waals surface area contributed by atoms with Crippen LogP contribution in [-0.4, -0.2) is 19.3 Å². The van der Waals surface area contributed by atoms with Crippen molar-refractivity contribution in [2.24, 2.45) is 0 Å². The van der Waals surface area contributed by atoms with E-state index in [9.17, 15) is 0 Å². The molecular weight excluding hydrogens is 290 g/mol. The fraction of sp³-hybridized carbons (Fsp3) is 0.333. The third kappa shape index (κ3) is 2.96. The van der Waals surface area contributed by atoms with Crippen molar-refractivity contribution < 1.29 is 0 Å². The van der Waals surface area contributed by atoms with Crippen LogP contribution < -0.4 is 5.32 Å². The highest BCUT2D eigenvalue weighted by Crippen LogP contribution is 2.12. The Morgan fingerprint density at radius 3 is 2.88 bits per heavy atom. The van der Waals surface area contributed by atoms with Crippen LogP contribution in [0.2, 0.25) is 0 Å². The molecule has 0 amide bonds. The van der Waals surface area contributed by atoms with Gasteiger partial charge >= 0.3 is 0 Å². The third-order valence-electron chi connectivity index (χ3n) is 1.88.